The Morgan fingerprint density at radius 2 is 1.43 bits per heavy atom. The summed E-state index contributed by atoms with van der Waals surface area (Å²) >= 11 is 3.37. The Hall–Kier alpha value is -0.214. The number of unbranched alkanes of at least 4 members (excludes halogenated alkanes) is 2. The molecular formula is C55H56KN2Na3O14S5. The van der Waals surface area contributed by atoms with Gasteiger partial charge in [0.2, 0.25) is 5.69 Å². The first-order chi connectivity index (χ1) is 36.2. The molecule has 0 fully saturated rings. The summed E-state index contributed by atoms with van der Waals surface area (Å²) in [6.45, 7) is 9.64. The molecule has 80 heavy (non-hydrogen) atoms. The van der Waals surface area contributed by atoms with Crippen LogP contribution in [-0.4, -0.2) is 66.8 Å². The molecule has 0 atom stereocenters. The van der Waals surface area contributed by atoms with E-state index in [4.69, 9.17) is 0 Å². The van der Waals surface area contributed by atoms with Crippen molar-refractivity contribution in [2.24, 2.45) is 0 Å². The van der Waals surface area contributed by atoms with Crippen molar-refractivity contribution in [3.8, 4) is 0 Å². The van der Waals surface area contributed by atoms with Crippen LogP contribution in [0, 0.1) is 0 Å². The summed E-state index contributed by atoms with van der Waals surface area (Å²) in [6.07, 6.45) is 13.4. The number of carboxylic acids is 1. The van der Waals surface area contributed by atoms with Crippen LogP contribution in [0.1, 0.15) is 95.8 Å². The van der Waals surface area contributed by atoms with Crippen LogP contribution in [0.4, 0.5) is 11.4 Å². The molecule has 16 nitrogen and oxygen atoms in total. The fraction of sp³-hybridized carbons (Fsp3) is 0.345. The van der Waals surface area contributed by atoms with Gasteiger partial charge in [-0.05, 0) is 164 Å². The zero-order chi connectivity index (χ0) is 54.4. The fourth-order valence-corrected chi connectivity index (χ4v) is 13.7. The number of carbonyl (C=O) groups excluding carboxylic acids is 1. The topological polar surface area (TPSA) is 244 Å². The van der Waals surface area contributed by atoms with Gasteiger partial charge in [-0.15, -0.1) is 0 Å². The van der Waals surface area contributed by atoms with Gasteiger partial charge in [-0.25, -0.2) is 16.8 Å². The quantitative estimate of drug-likeness (QED) is 0.0111. The number of allylic oxidation sites excluding steroid dienone is 7. The third kappa shape index (κ3) is 17.7. The number of aryl methyl sites for hydroxylation is 1. The molecule has 2 aliphatic heterocycles. The SMILES string of the molecule is CC1(C)C(/C=C/C2=C(Sc3ccc(CCC(=O)[O-])cc3)C(=C/C=C3/N(CCCCSOO[O-])c4ccc5cc(S(=O)(=O)[O-])ccc5c4C3(C)C)/CCC2)=[N+](CCCCS(=O)(=O)[O-])c2ccc3cc(SOO[O-])ccc3c21.[K+].[Na+].[Na+].[Na+]. The molecule has 5 aromatic rings. The number of carboxylic acid groups (broad SMARTS) is 1. The minimum absolute atomic E-state index is 0. The molecule has 0 bridgehead atoms. The Morgan fingerprint density at radius 3 is 2.11 bits per heavy atom. The summed E-state index contributed by atoms with van der Waals surface area (Å²) in [5, 5.41) is 42.8. The van der Waals surface area contributed by atoms with Crippen LogP contribution in [-0.2, 0) is 61.0 Å². The third-order valence-corrected chi connectivity index (χ3v) is 18.2. The Balaban J connectivity index is 0.00000344. The molecule has 0 spiro atoms. The van der Waals surface area contributed by atoms with Gasteiger partial charge in [0.15, 0.2) is 5.71 Å². The number of anilines is 1. The van der Waals surface area contributed by atoms with Gasteiger partial charge < -0.3 is 34.4 Å². The van der Waals surface area contributed by atoms with E-state index in [9.17, 15) is 46.4 Å². The second-order valence-corrected chi connectivity index (χ2v) is 25.4. The summed E-state index contributed by atoms with van der Waals surface area (Å²) in [7, 11) is -9.10. The number of rotatable bonds is 24. The molecule has 404 valence electrons. The first-order valence-electron chi connectivity index (χ1n) is 24.7. The van der Waals surface area contributed by atoms with Gasteiger partial charge in [-0.1, -0.05) is 68.1 Å². The van der Waals surface area contributed by atoms with Crippen molar-refractivity contribution in [3.63, 3.8) is 0 Å². The van der Waals surface area contributed by atoms with Gasteiger partial charge in [0.05, 0.1) is 32.5 Å². The van der Waals surface area contributed by atoms with Crippen LogP contribution in [0.2, 0.25) is 0 Å². The van der Waals surface area contributed by atoms with E-state index in [1.165, 1.54) is 12.1 Å². The standard InChI is InChI=1S/C55H60N2O14S5.K.3Na/c1-54(2)49(57(31-6-8-33-75(62,63)64)46-25-15-39-34-42(74-71-69-61)21-23-44(39)51(46)54)28-18-38-11-9-10-37(53(38)73-41-19-12-36(13-20-41)14-29-50(58)59)17-27-48-55(3,4)52-45-24-22-43(76(65,66)67)35-40(45)16-26-47(52)56(48)30-5-7-32-72-70-68-60;;;;/h12-13,15-28,34-35H,5-11,14,29-33H2,1-4H3,(H4-,58,59,60,61,62,63,64,65,66,67);;;;/q;4*+1/p-4. The molecular weight excluding hydrogens is 1180 g/mol. The Bertz CT molecular complexity index is 3430. The third-order valence-electron chi connectivity index (χ3n) is 14.2. The van der Waals surface area contributed by atoms with Crippen LogP contribution < -0.4 is 161 Å². The minimum Gasteiger partial charge on any atom is -0.748 e. The number of hydrogen-bond donors (Lipinski definition) is 0. The Morgan fingerprint density at radius 1 is 0.750 bits per heavy atom. The average molecular weight is 1240 g/mol. The molecule has 5 aromatic carbocycles. The van der Waals surface area contributed by atoms with Crippen molar-refractivity contribution in [1.29, 1.82) is 0 Å². The normalized spacial score (nSPS) is 16.7. The van der Waals surface area contributed by atoms with Gasteiger partial charge in [0.25, 0.3) is 0 Å². The van der Waals surface area contributed by atoms with Crippen LogP contribution in [0.25, 0.3) is 21.5 Å². The molecule has 0 saturated carbocycles. The Labute approximate surface area is 590 Å². The van der Waals surface area contributed by atoms with E-state index >= 15 is 0 Å². The molecule has 3 aliphatic rings. The second-order valence-electron chi connectivity index (χ2n) is 19.8. The predicted molar refractivity (Wildman–Crippen MR) is 287 cm³/mol. The molecule has 0 saturated heterocycles. The van der Waals surface area contributed by atoms with Crippen LogP contribution in [0.5, 0.6) is 0 Å². The van der Waals surface area contributed by atoms with E-state index in [-0.39, 0.29) is 158 Å². The Kier molecular flexibility index (Phi) is 29.0. The maximum atomic E-state index is 12.1. The van der Waals surface area contributed by atoms with Crippen molar-refractivity contribution < 1.29 is 210 Å². The van der Waals surface area contributed by atoms with E-state index in [1.807, 2.05) is 66.7 Å². The first kappa shape index (κ1) is 72.3. The average Bonchev–Trinajstić information content (AvgIpc) is 3.87. The van der Waals surface area contributed by atoms with Crippen LogP contribution in [0.15, 0.2) is 146 Å². The van der Waals surface area contributed by atoms with E-state index in [2.05, 4.69) is 80.2 Å². The van der Waals surface area contributed by atoms with Crippen molar-refractivity contribution >= 4 is 101 Å². The molecule has 1 aliphatic carbocycles. The van der Waals surface area contributed by atoms with Gasteiger partial charge >= 0.3 is 140 Å². The van der Waals surface area contributed by atoms with Crippen molar-refractivity contribution in [1.82, 2.24) is 0 Å². The number of carbonyl (C=O) groups is 1. The zero-order valence-electron chi connectivity index (χ0n) is 46.2. The molecule has 0 N–H and O–H groups in total. The summed E-state index contributed by atoms with van der Waals surface area (Å²) in [4.78, 5) is 16.0. The monoisotopic (exact) mass is 1240 g/mol. The summed E-state index contributed by atoms with van der Waals surface area (Å²) in [5.41, 5.74) is 7.84. The van der Waals surface area contributed by atoms with E-state index in [0.717, 1.165) is 126 Å². The van der Waals surface area contributed by atoms with Crippen molar-refractivity contribution in [2.75, 3.05) is 29.5 Å². The van der Waals surface area contributed by atoms with Gasteiger partial charge in [0.1, 0.15) is 16.7 Å². The fourth-order valence-electron chi connectivity index (χ4n) is 10.7. The maximum absolute atomic E-state index is 12.1. The summed E-state index contributed by atoms with van der Waals surface area (Å²) in [6, 6.07) is 26.0. The summed E-state index contributed by atoms with van der Waals surface area (Å²) in [5.74, 6) is -1.06. The number of thioether (sulfide) groups is 1. The summed E-state index contributed by atoms with van der Waals surface area (Å²) < 4.78 is 82.5. The number of hydrogen-bond acceptors (Lipinski definition) is 18. The van der Waals surface area contributed by atoms with Gasteiger partial charge in [0, 0.05) is 91.7 Å². The van der Waals surface area contributed by atoms with Gasteiger partial charge in [-0.2, -0.15) is 13.2 Å². The number of nitrogens with zero attached hydrogens (tertiary/aromatic N) is 2. The molecule has 0 aromatic heterocycles. The molecule has 0 radical (unpaired) electrons. The predicted octanol–water partition coefficient (Wildman–Crippen LogP) is -3.43. The number of benzene rings is 5. The minimum atomic E-state index is -4.70. The molecule has 2 heterocycles. The molecule has 0 amide bonds. The van der Waals surface area contributed by atoms with E-state index in [1.54, 1.807) is 17.8 Å². The van der Waals surface area contributed by atoms with Gasteiger partial charge in [-0.3, -0.25) is 10.1 Å². The smallest absolute Gasteiger partial charge is 0.748 e. The maximum Gasteiger partial charge on any atom is 1.00 e. The van der Waals surface area contributed by atoms with E-state index in [0.29, 0.717) is 48.4 Å². The van der Waals surface area contributed by atoms with Crippen LogP contribution in [0.3, 0.4) is 0 Å². The van der Waals surface area contributed by atoms with E-state index < -0.39 is 42.8 Å². The molecule has 8 rings (SSSR count). The van der Waals surface area contributed by atoms with Crippen molar-refractivity contribution in [2.45, 2.75) is 111 Å². The second kappa shape index (κ2) is 32.1. The van der Waals surface area contributed by atoms with Crippen molar-refractivity contribution in [3.05, 3.63) is 148 Å². The number of aliphatic carboxylic acids is 1. The molecule has 25 heteroatoms. The zero-order valence-corrected chi connectivity index (χ0v) is 59.4. The van der Waals surface area contributed by atoms with Crippen LogP contribution >= 0.6 is 35.8 Å². The first-order valence-corrected chi connectivity index (χ1v) is 30.1. The largest absolute Gasteiger partial charge is 1.00 e. The number of fused-ring (bicyclic) bond motifs is 6. The molecule has 0 unspecified atom stereocenters.